The van der Waals surface area contributed by atoms with Crippen molar-refractivity contribution >= 4 is 5.69 Å². The minimum absolute atomic E-state index is 0.519. The summed E-state index contributed by atoms with van der Waals surface area (Å²) in [4.78, 5) is 2.51. The third-order valence-electron chi connectivity index (χ3n) is 5.46. The highest BCUT2D eigenvalue weighted by Crippen LogP contribution is 2.31. The first-order chi connectivity index (χ1) is 13.5. The number of benzene rings is 3. The zero-order valence-electron chi connectivity index (χ0n) is 17.9. The Labute approximate surface area is 171 Å². The van der Waals surface area contributed by atoms with E-state index in [4.69, 9.17) is 0 Å². The molecule has 0 aliphatic carbocycles. The molecule has 0 radical (unpaired) electrons. The van der Waals surface area contributed by atoms with Crippen LogP contribution in [0.1, 0.15) is 67.3 Å². The van der Waals surface area contributed by atoms with E-state index in [0.717, 1.165) is 13.1 Å². The van der Waals surface area contributed by atoms with E-state index < -0.39 is 0 Å². The van der Waals surface area contributed by atoms with Crippen molar-refractivity contribution in [3.05, 3.63) is 101 Å². The van der Waals surface area contributed by atoms with E-state index in [9.17, 15) is 0 Å². The Morgan fingerprint density at radius 2 is 1.21 bits per heavy atom. The van der Waals surface area contributed by atoms with E-state index in [-0.39, 0.29) is 0 Å². The molecule has 0 unspecified atom stereocenters. The van der Waals surface area contributed by atoms with Gasteiger partial charge in [-0.05, 0) is 53.1 Å². The molecule has 146 valence electrons. The van der Waals surface area contributed by atoms with E-state index in [1.807, 2.05) is 0 Å². The van der Waals surface area contributed by atoms with Gasteiger partial charge in [-0.3, -0.25) is 0 Å². The van der Waals surface area contributed by atoms with Gasteiger partial charge in [0.25, 0.3) is 0 Å². The van der Waals surface area contributed by atoms with Gasteiger partial charge in [0.15, 0.2) is 0 Å². The Morgan fingerprint density at radius 1 is 0.643 bits per heavy atom. The van der Waals surface area contributed by atoms with Gasteiger partial charge in [-0.15, -0.1) is 0 Å². The molecule has 1 heteroatoms. The fraction of sp³-hybridized carbons (Fsp3) is 0.333. The molecule has 3 aromatic rings. The lowest BCUT2D eigenvalue weighted by atomic mass is 9.88. The maximum absolute atomic E-state index is 2.51. The second-order valence-corrected chi connectivity index (χ2v) is 8.40. The highest BCUT2D eigenvalue weighted by molar-refractivity contribution is 5.50. The van der Waals surface area contributed by atoms with Crippen molar-refractivity contribution in [1.29, 1.82) is 0 Å². The van der Waals surface area contributed by atoms with Gasteiger partial charge in [-0.1, -0.05) is 93.9 Å². The predicted molar refractivity (Wildman–Crippen MR) is 122 cm³/mol. The quantitative estimate of drug-likeness (QED) is 0.417. The van der Waals surface area contributed by atoms with Crippen molar-refractivity contribution < 1.29 is 0 Å². The Morgan fingerprint density at radius 3 is 1.75 bits per heavy atom. The normalized spacial score (nSPS) is 11.2. The van der Waals surface area contributed by atoms with Crippen molar-refractivity contribution in [2.45, 2.75) is 59.5 Å². The third kappa shape index (κ3) is 4.84. The van der Waals surface area contributed by atoms with E-state index in [1.165, 1.54) is 33.5 Å². The van der Waals surface area contributed by atoms with Crippen molar-refractivity contribution in [3.8, 4) is 0 Å². The Bertz CT molecular complexity index is 850. The SMILES string of the molecule is Cc1ccc(CN(Cc2c(C(C)C)cccc2C(C)C)c2ccccc2)cc1. The standard InChI is InChI=1S/C27H33N/c1-20(2)25-12-9-13-26(21(3)4)27(25)19-28(24-10-7-6-8-11-24)18-23-16-14-22(5)15-17-23/h6-17,20-21H,18-19H2,1-5H3. The monoisotopic (exact) mass is 371 g/mol. The molecule has 3 rings (SSSR count). The maximum Gasteiger partial charge on any atom is 0.0438 e. The summed E-state index contributed by atoms with van der Waals surface area (Å²) in [6, 6.07) is 26.6. The smallest absolute Gasteiger partial charge is 0.0438 e. The second kappa shape index (κ2) is 9.10. The maximum atomic E-state index is 2.51. The lowest BCUT2D eigenvalue weighted by Gasteiger charge is -2.29. The van der Waals surface area contributed by atoms with Crippen LogP contribution in [0.3, 0.4) is 0 Å². The Balaban J connectivity index is 2.01. The van der Waals surface area contributed by atoms with Gasteiger partial charge >= 0.3 is 0 Å². The first kappa shape index (κ1) is 20.2. The van der Waals surface area contributed by atoms with Crippen LogP contribution in [0.5, 0.6) is 0 Å². The van der Waals surface area contributed by atoms with E-state index in [0.29, 0.717) is 11.8 Å². The lowest BCUT2D eigenvalue weighted by Crippen LogP contribution is -2.24. The first-order valence-electron chi connectivity index (χ1n) is 10.4. The van der Waals surface area contributed by atoms with Gasteiger partial charge in [0.1, 0.15) is 0 Å². The number of para-hydroxylation sites is 1. The molecule has 28 heavy (non-hydrogen) atoms. The molecular weight excluding hydrogens is 338 g/mol. The summed E-state index contributed by atoms with van der Waals surface area (Å²) >= 11 is 0. The fourth-order valence-electron chi connectivity index (χ4n) is 3.87. The first-order valence-corrected chi connectivity index (χ1v) is 10.4. The molecule has 0 aliphatic heterocycles. The largest absolute Gasteiger partial charge is 0.363 e. The number of aryl methyl sites for hydroxylation is 1. The van der Waals surface area contributed by atoms with Crippen molar-refractivity contribution in [3.63, 3.8) is 0 Å². The van der Waals surface area contributed by atoms with Crippen LogP contribution >= 0.6 is 0 Å². The van der Waals surface area contributed by atoms with Crippen molar-refractivity contribution in [2.75, 3.05) is 4.90 Å². The highest BCUT2D eigenvalue weighted by Gasteiger charge is 2.17. The molecule has 0 heterocycles. The van der Waals surface area contributed by atoms with Gasteiger partial charge in [0.2, 0.25) is 0 Å². The average Bonchev–Trinajstić information content (AvgIpc) is 2.69. The number of hydrogen-bond donors (Lipinski definition) is 0. The molecule has 0 atom stereocenters. The molecule has 0 saturated carbocycles. The number of nitrogens with zero attached hydrogens (tertiary/aromatic N) is 1. The summed E-state index contributed by atoms with van der Waals surface area (Å²) in [6.45, 7) is 13.2. The van der Waals surface area contributed by atoms with Crippen LogP contribution in [-0.2, 0) is 13.1 Å². The summed E-state index contributed by atoms with van der Waals surface area (Å²) in [5.41, 5.74) is 8.36. The molecule has 0 spiro atoms. The Hall–Kier alpha value is -2.54. The van der Waals surface area contributed by atoms with Crippen LogP contribution in [0, 0.1) is 6.92 Å². The van der Waals surface area contributed by atoms with Gasteiger partial charge in [-0.2, -0.15) is 0 Å². The lowest BCUT2D eigenvalue weighted by molar-refractivity contribution is 0.743. The molecule has 3 aromatic carbocycles. The molecule has 0 bridgehead atoms. The molecule has 0 aliphatic rings. The molecule has 0 amide bonds. The zero-order valence-corrected chi connectivity index (χ0v) is 17.9. The van der Waals surface area contributed by atoms with Crippen LogP contribution in [0.15, 0.2) is 72.8 Å². The minimum atomic E-state index is 0.519. The summed E-state index contributed by atoms with van der Waals surface area (Å²) in [5.74, 6) is 1.04. The van der Waals surface area contributed by atoms with Crippen LogP contribution in [-0.4, -0.2) is 0 Å². The predicted octanol–water partition coefficient (Wildman–Crippen LogP) is 7.45. The molecule has 0 saturated heterocycles. The molecular formula is C27H33N. The summed E-state index contributed by atoms with van der Waals surface area (Å²) < 4.78 is 0. The van der Waals surface area contributed by atoms with Gasteiger partial charge in [0.05, 0.1) is 0 Å². The molecule has 0 fully saturated rings. The van der Waals surface area contributed by atoms with Crippen LogP contribution in [0.25, 0.3) is 0 Å². The van der Waals surface area contributed by atoms with E-state index in [1.54, 1.807) is 0 Å². The van der Waals surface area contributed by atoms with Gasteiger partial charge < -0.3 is 4.90 Å². The van der Waals surface area contributed by atoms with Crippen LogP contribution in [0.2, 0.25) is 0 Å². The van der Waals surface area contributed by atoms with Gasteiger partial charge in [-0.25, -0.2) is 0 Å². The van der Waals surface area contributed by atoms with Crippen molar-refractivity contribution in [2.24, 2.45) is 0 Å². The average molecular weight is 372 g/mol. The Kier molecular flexibility index (Phi) is 6.57. The highest BCUT2D eigenvalue weighted by atomic mass is 15.1. The third-order valence-corrected chi connectivity index (χ3v) is 5.46. The van der Waals surface area contributed by atoms with Crippen LogP contribution < -0.4 is 4.90 Å². The fourth-order valence-corrected chi connectivity index (χ4v) is 3.87. The van der Waals surface area contributed by atoms with Crippen molar-refractivity contribution in [1.82, 2.24) is 0 Å². The zero-order chi connectivity index (χ0) is 20.1. The van der Waals surface area contributed by atoms with E-state index in [2.05, 4.69) is 112 Å². The van der Waals surface area contributed by atoms with Gasteiger partial charge in [0, 0.05) is 18.8 Å². The molecule has 0 aromatic heterocycles. The number of rotatable bonds is 7. The number of hydrogen-bond acceptors (Lipinski definition) is 1. The van der Waals surface area contributed by atoms with E-state index >= 15 is 0 Å². The van der Waals surface area contributed by atoms with Crippen LogP contribution in [0.4, 0.5) is 5.69 Å². The minimum Gasteiger partial charge on any atom is -0.363 e. The number of anilines is 1. The summed E-state index contributed by atoms with van der Waals surface area (Å²) in [6.07, 6.45) is 0. The second-order valence-electron chi connectivity index (χ2n) is 8.40. The summed E-state index contributed by atoms with van der Waals surface area (Å²) in [7, 11) is 0. The molecule has 0 N–H and O–H groups in total. The topological polar surface area (TPSA) is 3.24 Å². The molecule has 1 nitrogen and oxygen atoms in total. The summed E-state index contributed by atoms with van der Waals surface area (Å²) in [5, 5.41) is 0.